The van der Waals surface area contributed by atoms with Gasteiger partial charge in [0.2, 0.25) is 11.8 Å². The molecular formula is C17H22N4O4S. The Hall–Kier alpha value is -2.55. The Morgan fingerprint density at radius 2 is 1.88 bits per heavy atom. The largest absolute Gasteiger partial charge is 0.497 e. The minimum absolute atomic E-state index is 0.00172. The van der Waals surface area contributed by atoms with Gasteiger partial charge in [-0.2, -0.15) is 0 Å². The van der Waals surface area contributed by atoms with E-state index in [0.29, 0.717) is 12.3 Å². The normalized spacial score (nSPS) is 11.1. The van der Waals surface area contributed by atoms with Gasteiger partial charge in [-0.05, 0) is 38.5 Å². The highest BCUT2D eigenvalue weighted by Crippen LogP contribution is 2.18. The number of imide groups is 1. The predicted octanol–water partition coefficient (Wildman–Crippen LogP) is 2.39. The van der Waals surface area contributed by atoms with Crippen molar-refractivity contribution in [3.8, 4) is 5.75 Å². The summed E-state index contributed by atoms with van der Waals surface area (Å²) >= 11 is 1.07. The van der Waals surface area contributed by atoms with Gasteiger partial charge in [-0.25, -0.2) is 4.79 Å². The molecule has 3 amide bonds. The average molecular weight is 378 g/mol. The lowest BCUT2D eigenvalue weighted by Gasteiger charge is -2.20. The molecule has 9 heteroatoms. The van der Waals surface area contributed by atoms with Crippen molar-refractivity contribution in [2.24, 2.45) is 0 Å². The summed E-state index contributed by atoms with van der Waals surface area (Å²) in [4.78, 5) is 23.4. The van der Waals surface area contributed by atoms with E-state index in [9.17, 15) is 9.59 Å². The SMILES string of the molecule is COc1ccc(Cc2nnc(SCC(=O)NC(=O)NC(C)(C)C)o2)cc1. The molecule has 0 aliphatic heterocycles. The van der Waals surface area contributed by atoms with Crippen molar-refractivity contribution in [1.82, 2.24) is 20.8 Å². The summed E-state index contributed by atoms with van der Waals surface area (Å²) in [6.45, 7) is 5.48. The molecule has 2 N–H and O–H groups in total. The van der Waals surface area contributed by atoms with E-state index in [-0.39, 0.29) is 11.0 Å². The highest BCUT2D eigenvalue weighted by atomic mass is 32.2. The lowest BCUT2D eigenvalue weighted by Crippen LogP contribution is -2.48. The van der Waals surface area contributed by atoms with Crippen molar-refractivity contribution in [2.75, 3.05) is 12.9 Å². The quantitative estimate of drug-likeness (QED) is 0.743. The molecule has 0 aliphatic rings. The molecule has 0 radical (unpaired) electrons. The fourth-order valence-electron chi connectivity index (χ4n) is 1.95. The molecule has 8 nitrogen and oxygen atoms in total. The van der Waals surface area contributed by atoms with Crippen LogP contribution in [0.15, 0.2) is 33.9 Å². The third-order valence-electron chi connectivity index (χ3n) is 3.03. The van der Waals surface area contributed by atoms with Crippen molar-refractivity contribution in [3.05, 3.63) is 35.7 Å². The van der Waals surface area contributed by atoms with E-state index in [1.807, 2.05) is 45.0 Å². The van der Waals surface area contributed by atoms with Crippen LogP contribution in [-0.4, -0.2) is 40.5 Å². The molecule has 0 aliphatic carbocycles. The molecule has 2 rings (SSSR count). The number of ether oxygens (including phenoxy) is 1. The Labute approximate surface area is 156 Å². The highest BCUT2D eigenvalue weighted by Gasteiger charge is 2.16. The fourth-order valence-corrected chi connectivity index (χ4v) is 2.53. The van der Waals surface area contributed by atoms with Crippen LogP contribution in [0.3, 0.4) is 0 Å². The summed E-state index contributed by atoms with van der Waals surface area (Å²) in [6.07, 6.45) is 0.484. The fraction of sp³-hybridized carbons (Fsp3) is 0.412. The first kappa shape index (κ1) is 19.8. The van der Waals surface area contributed by atoms with E-state index in [1.165, 1.54) is 0 Å². The number of hydrogen-bond acceptors (Lipinski definition) is 7. The summed E-state index contributed by atoms with van der Waals surface area (Å²) in [5.41, 5.74) is 0.586. The first-order chi connectivity index (χ1) is 12.2. The van der Waals surface area contributed by atoms with E-state index in [4.69, 9.17) is 9.15 Å². The van der Waals surface area contributed by atoms with Crippen molar-refractivity contribution in [2.45, 2.75) is 38.0 Å². The molecule has 0 saturated heterocycles. The molecule has 0 unspecified atom stereocenters. The zero-order valence-corrected chi connectivity index (χ0v) is 16.0. The van der Waals surface area contributed by atoms with Crippen LogP contribution in [0.2, 0.25) is 0 Å². The molecule has 0 atom stereocenters. The van der Waals surface area contributed by atoms with E-state index in [0.717, 1.165) is 23.1 Å². The summed E-state index contributed by atoms with van der Waals surface area (Å²) in [7, 11) is 1.61. The molecule has 0 spiro atoms. The standard InChI is InChI=1S/C17H22N4O4S/c1-17(2,3)19-15(23)18-13(22)10-26-16-21-20-14(25-16)9-11-5-7-12(24-4)8-6-11/h5-8H,9-10H2,1-4H3,(H2,18,19,22,23). The van der Waals surface area contributed by atoms with E-state index < -0.39 is 17.5 Å². The number of aromatic nitrogens is 2. The molecule has 0 bridgehead atoms. The summed E-state index contributed by atoms with van der Waals surface area (Å²) < 4.78 is 10.6. The van der Waals surface area contributed by atoms with Gasteiger partial charge in [-0.1, -0.05) is 23.9 Å². The first-order valence-corrected chi connectivity index (χ1v) is 8.94. The summed E-state index contributed by atoms with van der Waals surface area (Å²) in [6, 6.07) is 7.01. The van der Waals surface area contributed by atoms with E-state index in [1.54, 1.807) is 7.11 Å². The smallest absolute Gasteiger partial charge is 0.321 e. The van der Waals surface area contributed by atoms with Crippen LogP contribution < -0.4 is 15.4 Å². The Kier molecular flexibility index (Phi) is 6.62. The topological polar surface area (TPSA) is 106 Å². The van der Waals surface area contributed by atoms with Gasteiger partial charge in [-0.3, -0.25) is 10.1 Å². The van der Waals surface area contributed by atoms with Crippen LogP contribution in [0.25, 0.3) is 0 Å². The first-order valence-electron chi connectivity index (χ1n) is 7.95. The molecule has 26 heavy (non-hydrogen) atoms. The van der Waals surface area contributed by atoms with Gasteiger partial charge in [0.05, 0.1) is 19.3 Å². The van der Waals surface area contributed by atoms with Crippen LogP contribution >= 0.6 is 11.8 Å². The van der Waals surface area contributed by atoms with Gasteiger partial charge in [0.15, 0.2) is 0 Å². The van der Waals surface area contributed by atoms with Crippen LogP contribution in [0.4, 0.5) is 4.79 Å². The van der Waals surface area contributed by atoms with Crippen molar-refractivity contribution >= 4 is 23.7 Å². The lowest BCUT2D eigenvalue weighted by atomic mass is 10.1. The molecule has 2 aromatic rings. The van der Waals surface area contributed by atoms with Crippen LogP contribution in [0.1, 0.15) is 32.2 Å². The zero-order chi connectivity index (χ0) is 19.2. The maximum absolute atomic E-state index is 11.8. The highest BCUT2D eigenvalue weighted by molar-refractivity contribution is 7.99. The Morgan fingerprint density at radius 1 is 1.19 bits per heavy atom. The van der Waals surface area contributed by atoms with Gasteiger partial charge in [0, 0.05) is 5.54 Å². The van der Waals surface area contributed by atoms with Crippen LogP contribution in [0, 0.1) is 0 Å². The molecular weight excluding hydrogens is 356 g/mol. The number of rotatable bonds is 6. The zero-order valence-electron chi connectivity index (χ0n) is 15.2. The minimum Gasteiger partial charge on any atom is -0.497 e. The second-order valence-electron chi connectivity index (χ2n) is 6.53. The number of thioether (sulfide) groups is 1. The van der Waals surface area contributed by atoms with Gasteiger partial charge < -0.3 is 14.5 Å². The third kappa shape index (κ3) is 6.75. The lowest BCUT2D eigenvalue weighted by molar-refractivity contribution is -0.117. The Balaban J connectivity index is 1.80. The molecule has 0 fully saturated rings. The van der Waals surface area contributed by atoms with Gasteiger partial charge >= 0.3 is 6.03 Å². The minimum atomic E-state index is -0.533. The van der Waals surface area contributed by atoms with Crippen molar-refractivity contribution in [3.63, 3.8) is 0 Å². The maximum Gasteiger partial charge on any atom is 0.321 e. The molecule has 140 valence electrons. The van der Waals surface area contributed by atoms with E-state index >= 15 is 0 Å². The van der Waals surface area contributed by atoms with Crippen molar-refractivity contribution in [1.29, 1.82) is 0 Å². The van der Waals surface area contributed by atoms with Gasteiger partial charge in [0.1, 0.15) is 5.75 Å². The van der Waals surface area contributed by atoms with Crippen LogP contribution in [-0.2, 0) is 11.2 Å². The third-order valence-corrected chi connectivity index (χ3v) is 3.85. The number of nitrogens with one attached hydrogen (secondary N) is 2. The number of carbonyl (C=O) groups is 2. The van der Waals surface area contributed by atoms with Gasteiger partial charge in [0.25, 0.3) is 5.22 Å². The number of amides is 3. The molecule has 1 aromatic heterocycles. The summed E-state index contributed by atoms with van der Waals surface area (Å²) in [5, 5.41) is 13.0. The Bertz CT molecular complexity index is 753. The monoisotopic (exact) mass is 378 g/mol. The van der Waals surface area contributed by atoms with E-state index in [2.05, 4.69) is 20.8 Å². The molecule has 1 aromatic carbocycles. The number of methoxy groups -OCH3 is 1. The maximum atomic E-state index is 11.8. The average Bonchev–Trinajstić information content (AvgIpc) is 2.99. The second kappa shape index (κ2) is 8.70. The molecule has 0 saturated carbocycles. The van der Waals surface area contributed by atoms with Crippen LogP contribution in [0.5, 0.6) is 5.75 Å². The predicted molar refractivity (Wildman–Crippen MR) is 97.2 cm³/mol. The molecule has 1 heterocycles. The number of urea groups is 1. The number of nitrogens with zero attached hydrogens (tertiary/aromatic N) is 2. The number of hydrogen-bond donors (Lipinski definition) is 2. The number of benzene rings is 1. The Morgan fingerprint density at radius 3 is 2.50 bits per heavy atom. The number of carbonyl (C=O) groups excluding carboxylic acids is 2. The van der Waals surface area contributed by atoms with Crippen molar-refractivity contribution < 1.29 is 18.7 Å². The van der Waals surface area contributed by atoms with Gasteiger partial charge in [-0.15, -0.1) is 10.2 Å². The summed E-state index contributed by atoms with van der Waals surface area (Å²) in [5.74, 6) is 0.786. The second-order valence-corrected chi connectivity index (χ2v) is 7.45.